The van der Waals surface area contributed by atoms with Gasteiger partial charge in [0, 0.05) is 10.9 Å². The monoisotopic (exact) mass is 237 g/mol. The van der Waals surface area contributed by atoms with E-state index in [0.717, 1.165) is 12.2 Å². The van der Waals surface area contributed by atoms with Crippen molar-refractivity contribution in [2.45, 2.75) is 50.5 Å². The van der Waals surface area contributed by atoms with Gasteiger partial charge in [-0.05, 0) is 42.2 Å². The number of hydrogen-bond donors (Lipinski definition) is 1. The van der Waals surface area contributed by atoms with Gasteiger partial charge < -0.3 is 5.73 Å². The van der Waals surface area contributed by atoms with Crippen molar-refractivity contribution in [1.29, 1.82) is 0 Å². The molecule has 0 bridgehead atoms. The van der Waals surface area contributed by atoms with E-state index in [1.165, 1.54) is 10.5 Å². The van der Waals surface area contributed by atoms with Gasteiger partial charge in [-0.15, -0.1) is 11.8 Å². The van der Waals surface area contributed by atoms with E-state index in [4.69, 9.17) is 5.73 Å². The third-order valence-corrected chi connectivity index (χ3v) is 3.61. The summed E-state index contributed by atoms with van der Waals surface area (Å²) in [6, 6.07) is 9.20. The highest BCUT2D eigenvalue weighted by molar-refractivity contribution is 7.99. The molecule has 0 aliphatic heterocycles. The first-order valence-corrected chi connectivity index (χ1v) is 6.87. The van der Waals surface area contributed by atoms with Gasteiger partial charge in [-0.2, -0.15) is 0 Å². The van der Waals surface area contributed by atoms with Crippen LogP contribution in [0.3, 0.4) is 0 Å². The summed E-state index contributed by atoms with van der Waals surface area (Å²) in [5.74, 6) is 1.10. The maximum atomic E-state index is 5.72. The topological polar surface area (TPSA) is 26.0 Å². The first-order valence-electron chi connectivity index (χ1n) is 5.88. The lowest BCUT2D eigenvalue weighted by Crippen LogP contribution is -2.15. The van der Waals surface area contributed by atoms with Gasteiger partial charge in [0.05, 0.1) is 0 Å². The summed E-state index contributed by atoms with van der Waals surface area (Å²) in [5, 5.41) is 0. The lowest BCUT2D eigenvalue weighted by Gasteiger charge is -2.19. The molecule has 1 nitrogen and oxygen atoms in total. The Balaban J connectivity index is 2.52. The van der Waals surface area contributed by atoms with Crippen molar-refractivity contribution in [3.8, 4) is 0 Å². The van der Waals surface area contributed by atoms with Crippen LogP contribution in [-0.4, -0.2) is 11.8 Å². The fourth-order valence-corrected chi connectivity index (χ4v) is 2.47. The molecule has 0 aliphatic carbocycles. The summed E-state index contributed by atoms with van der Waals surface area (Å²) in [4.78, 5) is 1.34. The molecule has 1 aromatic carbocycles. The summed E-state index contributed by atoms with van der Waals surface area (Å²) in [7, 11) is 0. The number of hydrogen-bond acceptors (Lipinski definition) is 2. The minimum Gasteiger partial charge on any atom is -0.328 e. The molecular weight excluding hydrogens is 214 g/mol. The Morgan fingerprint density at radius 2 is 1.75 bits per heavy atom. The van der Waals surface area contributed by atoms with Gasteiger partial charge in [-0.3, -0.25) is 0 Å². The second-order valence-electron chi connectivity index (χ2n) is 5.39. The van der Waals surface area contributed by atoms with Crippen molar-refractivity contribution in [2.24, 2.45) is 5.73 Å². The van der Waals surface area contributed by atoms with Gasteiger partial charge in [-0.1, -0.05) is 32.9 Å². The van der Waals surface area contributed by atoms with E-state index in [2.05, 4.69) is 52.0 Å². The van der Waals surface area contributed by atoms with Crippen molar-refractivity contribution >= 4 is 11.8 Å². The number of thioether (sulfide) groups is 1. The van der Waals surface area contributed by atoms with Crippen LogP contribution in [0.5, 0.6) is 0 Å². The quantitative estimate of drug-likeness (QED) is 0.806. The van der Waals surface area contributed by atoms with Crippen molar-refractivity contribution in [2.75, 3.05) is 5.75 Å². The average molecular weight is 237 g/mol. The minimum absolute atomic E-state index is 0.245. The van der Waals surface area contributed by atoms with E-state index >= 15 is 0 Å². The molecule has 1 rings (SSSR count). The Bertz CT molecular complexity index is 309. The Labute approximate surface area is 104 Å². The zero-order chi connectivity index (χ0) is 12.2. The Morgan fingerprint density at radius 3 is 2.19 bits per heavy atom. The van der Waals surface area contributed by atoms with E-state index < -0.39 is 0 Å². The normalized spacial score (nSPS) is 13.8. The minimum atomic E-state index is 0.245. The molecule has 0 fully saturated rings. The lowest BCUT2D eigenvalue weighted by molar-refractivity contribution is 0.590. The zero-order valence-electron chi connectivity index (χ0n) is 10.8. The average Bonchev–Trinajstić information content (AvgIpc) is 2.16. The molecule has 0 saturated carbocycles. The molecule has 2 N–H and O–H groups in total. The fraction of sp³-hybridized carbons (Fsp3) is 0.571. The maximum Gasteiger partial charge on any atom is 0.00721 e. The summed E-state index contributed by atoms with van der Waals surface area (Å²) in [6.45, 7) is 8.78. The van der Waals surface area contributed by atoms with Gasteiger partial charge in [0.1, 0.15) is 0 Å². The van der Waals surface area contributed by atoms with E-state index in [1.807, 2.05) is 11.8 Å². The van der Waals surface area contributed by atoms with Crippen LogP contribution in [0.25, 0.3) is 0 Å². The first kappa shape index (κ1) is 13.6. The van der Waals surface area contributed by atoms with Crippen molar-refractivity contribution in [1.82, 2.24) is 0 Å². The number of nitrogens with two attached hydrogens (primary N) is 1. The molecule has 1 atom stereocenters. The Hall–Kier alpha value is -0.470. The van der Waals surface area contributed by atoms with Crippen LogP contribution in [0.4, 0.5) is 0 Å². The van der Waals surface area contributed by atoms with Crippen molar-refractivity contribution in [3.63, 3.8) is 0 Å². The van der Waals surface area contributed by atoms with E-state index in [9.17, 15) is 0 Å². The summed E-state index contributed by atoms with van der Waals surface area (Å²) < 4.78 is 0. The molecule has 1 aromatic rings. The smallest absolute Gasteiger partial charge is 0.00721 e. The molecular formula is C14H23NS. The summed E-state index contributed by atoms with van der Waals surface area (Å²) in [6.07, 6.45) is 1.08. The second kappa shape index (κ2) is 5.74. The highest BCUT2D eigenvalue weighted by Crippen LogP contribution is 2.25. The van der Waals surface area contributed by atoms with Crippen LogP contribution in [0, 0.1) is 0 Å². The molecule has 0 aromatic heterocycles. The van der Waals surface area contributed by atoms with E-state index in [-0.39, 0.29) is 5.41 Å². The van der Waals surface area contributed by atoms with Gasteiger partial charge in [0.25, 0.3) is 0 Å². The van der Waals surface area contributed by atoms with Crippen LogP contribution in [-0.2, 0) is 5.41 Å². The largest absolute Gasteiger partial charge is 0.328 e. The van der Waals surface area contributed by atoms with Gasteiger partial charge >= 0.3 is 0 Å². The Morgan fingerprint density at radius 1 is 1.19 bits per heavy atom. The van der Waals surface area contributed by atoms with Gasteiger partial charge in [0.2, 0.25) is 0 Å². The summed E-state index contributed by atoms with van der Waals surface area (Å²) in [5.41, 5.74) is 7.36. The van der Waals surface area contributed by atoms with E-state index in [1.54, 1.807) is 0 Å². The van der Waals surface area contributed by atoms with Crippen molar-refractivity contribution < 1.29 is 0 Å². The molecule has 0 heterocycles. The maximum absolute atomic E-state index is 5.72. The molecule has 1 unspecified atom stereocenters. The molecule has 0 radical (unpaired) electrons. The van der Waals surface area contributed by atoms with E-state index in [0.29, 0.717) is 6.04 Å². The summed E-state index contributed by atoms with van der Waals surface area (Å²) >= 11 is 1.89. The fourth-order valence-electron chi connectivity index (χ4n) is 1.41. The van der Waals surface area contributed by atoms with Gasteiger partial charge in [-0.25, -0.2) is 0 Å². The van der Waals surface area contributed by atoms with Crippen molar-refractivity contribution in [3.05, 3.63) is 29.8 Å². The highest BCUT2D eigenvalue weighted by atomic mass is 32.2. The second-order valence-corrected chi connectivity index (χ2v) is 6.56. The third kappa shape index (κ3) is 4.58. The van der Waals surface area contributed by atoms with Crippen LogP contribution in [0.1, 0.15) is 39.7 Å². The lowest BCUT2D eigenvalue weighted by atomic mass is 9.87. The SMILES string of the molecule is CC(N)CCSc1ccc(C(C)(C)C)cc1. The van der Waals surface area contributed by atoms with Gasteiger partial charge in [0.15, 0.2) is 0 Å². The highest BCUT2D eigenvalue weighted by Gasteiger charge is 2.12. The van der Waals surface area contributed by atoms with Crippen LogP contribution in [0.15, 0.2) is 29.2 Å². The standard InChI is InChI=1S/C14H23NS/c1-11(15)9-10-16-13-7-5-12(6-8-13)14(2,3)4/h5-8,11H,9-10,15H2,1-4H3. The molecule has 90 valence electrons. The molecule has 2 heteroatoms. The zero-order valence-corrected chi connectivity index (χ0v) is 11.6. The molecule has 16 heavy (non-hydrogen) atoms. The molecule has 0 saturated heterocycles. The number of rotatable bonds is 4. The van der Waals surface area contributed by atoms with Crippen LogP contribution >= 0.6 is 11.8 Å². The third-order valence-electron chi connectivity index (χ3n) is 2.56. The predicted octanol–water partition coefficient (Wildman–Crippen LogP) is 3.81. The molecule has 0 aliphatic rings. The Kier molecular flexibility index (Phi) is 4.88. The molecule has 0 amide bonds. The predicted molar refractivity (Wildman–Crippen MR) is 74.1 cm³/mol. The molecule has 0 spiro atoms. The number of benzene rings is 1. The first-order chi connectivity index (χ1) is 7.39. The van der Waals surface area contributed by atoms with Crippen LogP contribution in [0.2, 0.25) is 0 Å². The van der Waals surface area contributed by atoms with Crippen LogP contribution < -0.4 is 5.73 Å².